The lowest BCUT2D eigenvalue weighted by Crippen LogP contribution is -2.34. The fraction of sp³-hybridized carbons (Fsp3) is 0.600. The summed E-state index contributed by atoms with van der Waals surface area (Å²) < 4.78 is 27.2. The van der Waals surface area contributed by atoms with Crippen LogP contribution in [0.1, 0.15) is 23.1 Å². The van der Waals surface area contributed by atoms with E-state index in [4.69, 9.17) is 0 Å². The van der Waals surface area contributed by atoms with E-state index < -0.39 is 10.0 Å². The van der Waals surface area contributed by atoms with Crippen LogP contribution in [-0.2, 0) is 16.6 Å². The van der Waals surface area contributed by atoms with E-state index in [2.05, 4.69) is 4.90 Å². The van der Waals surface area contributed by atoms with E-state index in [9.17, 15) is 13.5 Å². The maximum Gasteiger partial charge on any atom is 0.243 e. The number of aliphatic hydroxyl groups excluding tert-OH is 1. The quantitative estimate of drug-likeness (QED) is 0.905. The summed E-state index contributed by atoms with van der Waals surface area (Å²) in [4.78, 5) is 2.38. The molecule has 1 aliphatic rings. The Labute approximate surface area is 127 Å². The van der Waals surface area contributed by atoms with Crippen molar-refractivity contribution in [1.29, 1.82) is 0 Å². The highest BCUT2D eigenvalue weighted by molar-refractivity contribution is 7.89. The molecule has 1 atom stereocenters. The summed E-state index contributed by atoms with van der Waals surface area (Å²) in [5.41, 5.74) is 2.32. The van der Waals surface area contributed by atoms with Crippen LogP contribution in [0.3, 0.4) is 0 Å². The molecule has 0 aromatic heterocycles. The molecule has 1 aromatic rings. The highest BCUT2D eigenvalue weighted by atomic mass is 32.2. The maximum absolute atomic E-state index is 12.8. The van der Waals surface area contributed by atoms with Gasteiger partial charge in [-0.2, -0.15) is 4.31 Å². The second-order valence-corrected chi connectivity index (χ2v) is 7.88. The van der Waals surface area contributed by atoms with Gasteiger partial charge in [0, 0.05) is 19.1 Å². The largest absolute Gasteiger partial charge is 0.392 e. The van der Waals surface area contributed by atoms with E-state index in [1.54, 1.807) is 17.3 Å². The fourth-order valence-corrected chi connectivity index (χ4v) is 4.56. The molecule has 0 radical (unpaired) electrons. The minimum Gasteiger partial charge on any atom is -0.392 e. The molecule has 21 heavy (non-hydrogen) atoms. The summed E-state index contributed by atoms with van der Waals surface area (Å²) >= 11 is 0. The van der Waals surface area contributed by atoms with Crippen LogP contribution in [0.2, 0.25) is 0 Å². The third-order valence-corrected chi connectivity index (χ3v) is 6.29. The predicted octanol–water partition coefficient (Wildman–Crippen LogP) is 1.12. The third kappa shape index (κ3) is 3.13. The van der Waals surface area contributed by atoms with Gasteiger partial charge in [0.25, 0.3) is 0 Å². The van der Waals surface area contributed by atoms with Gasteiger partial charge in [0.2, 0.25) is 10.0 Å². The predicted molar refractivity (Wildman–Crippen MR) is 82.7 cm³/mol. The second kappa shape index (κ2) is 6.04. The third-order valence-electron chi connectivity index (χ3n) is 4.28. The Morgan fingerprint density at radius 1 is 1.29 bits per heavy atom. The van der Waals surface area contributed by atoms with Crippen molar-refractivity contribution in [3.63, 3.8) is 0 Å². The zero-order valence-electron chi connectivity index (χ0n) is 13.1. The van der Waals surface area contributed by atoms with E-state index in [0.717, 1.165) is 17.5 Å². The molecule has 6 heteroatoms. The molecule has 1 aliphatic heterocycles. The van der Waals surface area contributed by atoms with Gasteiger partial charge >= 0.3 is 0 Å². The highest BCUT2D eigenvalue weighted by Gasteiger charge is 2.34. The number of sulfonamides is 1. The van der Waals surface area contributed by atoms with Crippen molar-refractivity contribution in [3.05, 3.63) is 28.8 Å². The molecule has 1 aromatic carbocycles. The van der Waals surface area contributed by atoms with Gasteiger partial charge in [-0.1, -0.05) is 6.07 Å². The van der Waals surface area contributed by atoms with Crippen molar-refractivity contribution in [3.8, 4) is 0 Å². The lowest BCUT2D eigenvalue weighted by atomic mass is 10.1. The SMILES string of the molecule is Cc1cc(C)c(S(=O)(=O)N2CCC(N(C)C)C2)cc1CO. The average Bonchev–Trinajstić information content (AvgIpc) is 2.89. The van der Waals surface area contributed by atoms with Crippen molar-refractivity contribution in [2.75, 3.05) is 27.2 Å². The summed E-state index contributed by atoms with van der Waals surface area (Å²) in [5.74, 6) is 0. The molecular formula is C15H24N2O3S. The van der Waals surface area contributed by atoms with E-state index in [-0.39, 0.29) is 12.6 Å². The molecule has 0 saturated carbocycles. The van der Waals surface area contributed by atoms with Crippen molar-refractivity contribution in [1.82, 2.24) is 9.21 Å². The molecule has 1 N–H and O–H groups in total. The van der Waals surface area contributed by atoms with Crippen molar-refractivity contribution < 1.29 is 13.5 Å². The first-order valence-electron chi connectivity index (χ1n) is 7.15. The van der Waals surface area contributed by atoms with Crippen LogP contribution in [0, 0.1) is 13.8 Å². The van der Waals surface area contributed by atoms with Gasteiger partial charge in [0.05, 0.1) is 11.5 Å². The van der Waals surface area contributed by atoms with Crippen LogP contribution in [0.4, 0.5) is 0 Å². The number of benzene rings is 1. The van der Waals surface area contributed by atoms with Gasteiger partial charge < -0.3 is 10.0 Å². The average molecular weight is 312 g/mol. The van der Waals surface area contributed by atoms with Crippen LogP contribution in [0.15, 0.2) is 17.0 Å². The minimum atomic E-state index is -3.49. The van der Waals surface area contributed by atoms with Crippen LogP contribution in [0.5, 0.6) is 0 Å². The first kappa shape index (κ1) is 16.4. The minimum absolute atomic E-state index is 0.144. The number of likely N-dealkylation sites (N-methyl/N-ethyl adjacent to an activating group) is 1. The lowest BCUT2D eigenvalue weighted by molar-refractivity contribution is 0.280. The summed E-state index contributed by atoms with van der Waals surface area (Å²) in [7, 11) is 0.458. The van der Waals surface area contributed by atoms with Gasteiger partial charge in [-0.15, -0.1) is 0 Å². The number of aryl methyl sites for hydroxylation is 2. The molecular weight excluding hydrogens is 288 g/mol. The molecule has 0 bridgehead atoms. The molecule has 5 nitrogen and oxygen atoms in total. The van der Waals surface area contributed by atoms with Crippen LogP contribution >= 0.6 is 0 Å². The van der Waals surface area contributed by atoms with Gasteiger partial charge in [-0.05, 0) is 57.1 Å². The van der Waals surface area contributed by atoms with Gasteiger partial charge in [-0.3, -0.25) is 0 Å². The Hall–Kier alpha value is -0.950. The fourth-order valence-electron chi connectivity index (χ4n) is 2.81. The van der Waals surface area contributed by atoms with E-state index in [0.29, 0.717) is 23.5 Å². The molecule has 0 spiro atoms. The second-order valence-electron chi connectivity index (χ2n) is 5.97. The maximum atomic E-state index is 12.8. The number of hydrogen-bond acceptors (Lipinski definition) is 4. The Morgan fingerprint density at radius 2 is 1.95 bits per heavy atom. The number of rotatable bonds is 4. The summed E-state index contributed by atoms with van der Waals surface area (Å²) in [6, 6.07) is 3.71. The Bertz CT molecular complexity index is 626. The number of hydrogen-bond donors (Lipinski definition) is 1. The molecule has 1 fully saturated rings. The van der Waals surface area contributed by atoms with Gasteiger partial charge in [0.15, 0.2) is 0 Å². The molecule has 1 heterocycles. The van der Waals surface area contributed by atoms with Crippen molar-refractivity contribution in [2.45, 2.75) is 37.8 Å². The van der Waals surface area contributed by atoms with Crippen LogP contribution < -0.4 is 0 Å². The molecule has 0 aliphatic carbocycles. The number of nitrogens with zero attached hydrogens (tertiary/aromatic N) is 2. The topological polar surface area (TPSA) is 60.9 Å². The van der Waals surface area contributed by atoms with E-state index in [1.807, 2.05) is 27.1 Å². The normalized spacial score (nSPS) is 20.4. The molecule has 1 unspecified atom stereocenters. The smallest absolute Gasteiger partial charge is 0.243 e. The van der Waals surface area contributed by atoms with Crippen LogP contribution in [-0.4, -0.2) is 56.0 Å². The summed E-state index contributed by atoms with van der Waals surface area (Å²) in [6.45, 7) is 4.62. The molecule has 0 amide bonds. The first-order chi connectivity index (χ1) is 9.77. The number of aliphatic hydroxyl groups is 1. The Kier molecular flexibility index (Phi) is 4.72. The zero-order valence-corrected chi connectivity index (χ0v) is 13.9. The first-order valence-corrected chi connectivity index (χ1v) is 8.59. The molecule has 1 saturated heterocycles. The summed E-state index contributed by atoms with van der Waals surface area (Å²) in [5, 5.41) is 9.36. The Balaban J connectivity index is 2.37. The standard InChI is InChI=1S/C15H24N2O3S/c1-11-7-12(2)15(8-13(11)10-18)21(19,20)17-6-5-14(9-17)16(3)4/h7-8,14,18H,5-6,9-10H2,1-4H3. The van der Waals surface area contributed by atoms with Gasteiger partial charge in [-0.25, -0.2) is 8.42 Å². The van der Waals surface area contributed by atoms with Crippen molar-refractivity contribution >= 4 is 10.0 Å². The zero-order chi connectivity index (χ0) is 15.8. The monoisotopic (exact) mass is 312 g/mol. The highest BCUT2D eigenvalue weighted by Crippen LogP contribution is 2.27. The lowest BCUT2D eigenvalue weighted by Gasteiger charge is -2.21. The van der Waals surface area contributed by atoms with Gasteiger partial charge in [0.1, 0.15) is 0 Å². The Morgan fingerprint density at radius 3 is 2.48 bits per heavy atom. The van der Waals surface area contributed by atoms with E-state index in [1.165, 1.54) is 0 Å². The van der Waals surface area contributed by atoms with Crippen LogP contribution in [0.25, 0.3) is 0 Å². The molecule has 2 rings (SSSR count). The summed E-state index contributed by atoms with van der Waals surface area (Å²) in [6.07, 6.45) is 0.851. The van der Waals surface area contributed by atoms with E-state index >= 15 is 0 Å². The van der Waals surface area contributed by atoms with Crippen molar-refractivity contribution in [2.24, 2.45) is 0 Å². The molecule has 118 valence electrons.